The van der Waals surface area contributed by atoms with E-state index < -0.39 is 35.6 Å². The molecule has 0 saturated carbocycles. The van der Waals surface area contributed by atoms with Crippen molar-refractivity contribution in [2.75, 3.05) is 0 Å². The summed E-state index contributed by atoms with van der Waals surface area (Å²) in [7, 11) is 0. The molecule has 0 unspecified atom stereocenters. The highest BCUT2D eigenvalue weighted by atomic mass is 16.5. The fourth-order valence-electron chi connectivity index (χ4n) is 2.02. The standard InChI is InChI=1S/C10H11N5O5/c1-4-3-15(10(19)12-8(4)16)6-2-5(13-14-11)7(20-6)9(17)18/h3,5-7H,2H2,1H3,(H,17,18)(H,12,16,19)/t5-,6-,7+/m0/s1. The summed E-state index contributed by atoms with van der Waals surface area (Å²) in [5.41, 5.74) is 7.46. The summed E-state index contributed by atoms with van der Waals surface area (Å²) in [6, 6.07) is -0.915. The maximum absolute atomic E-state index is 11.7. The van der Waals surface area contributed by atoms with Gasteiger partial charge in [0.2, 0.25) is 0 Å². The van der Waals surface area contributed by atoms with E-state index >= 15 is 0 Å². The SMILES string of the molecule is Cc1cn([C@@H]2C[C@H](N=[N+]=[N-])[C@H](C(=O)O)O2)c(=O)[nH]c1=O. The van der Waals surface area contributed by atoms with Crippen molar-refractivity contribution >= 4 is 5.97 Å². The van der Waals surface area contributed by atoms with Crippen molar-refractivity contribution < 1.29 is 14.6 Å². The number of ether oxygens (including phenoxy) is 1. The van der Waals surface area contributed by atoms with E-state index in [1.54, 1.807) is 0 Å². The molecule has 10 nitrogen and oxygen atoms in total. The van der Waals surface area contributed by atoms with Gasteiger partial charge in [-0.2, -0.15) is 0 Å². The summed E-state index contributed by atoms with van der Waals surface area (Å²) in [6.45, 7) is 1.50. The molecule has 0 spiro atoms. The van der Waals surface area contributed by atoms with Gasteiger partial charge >= 0.3 is 11.7 Å². The molecule has 20 heavy (non-hydrogen) atoms. The summed E-state index contributed by atoms with van der Waals surface area (Å²) in [4.78, 5) is 38.7. The lowest BCUT2D eigenvalue weighted by molar-refractivity contribution is -0.152. The summed E-state index contributed by atoms with van der Waals surface area (Å²) in [5.74, 6) is -1.28. The van der Waals surface area contributed by atoms with Crippen LogP contribution in [-0.2, 0) is 9.53 Å². The molecule has 0 aromatic carbocycles. The Hall–Kier alpha value is -2.58. The molecule has 3 atom stereocenters. The Balaban J connectivity index is 2.38. The Morgan fingerprint density at radius 1 is 1.65 bits per heavy atom. The van der Waals surface area contributed by atoms with Gasteiger partial charge in [-0.1, -0.05) is 5.11 Å². The Labute approximate surface area is 111 Å². The first-order chi connectivity index (χ1) is 9.43. The number of aromatic amines is 1. The van der Waals surface area contributed by atoms with Gasteiger partial charge in [-0.05, 0) is 12.5 Å². The number of nitrogens with one attached hydrogen (secondary N) is 1. The van der Waals surface area contributed by atoms with Crippen molar-refractivity contribution in [1.82, 2.24) is 9.55 Å². The third-order valence-corrected chi connectivity index (χ3v) is 3.00. The molecule has 0 radical (unpaired) electrons. The third kappa shape index (κ3) is 2.42. The molecule has 0 bridgehead atoms. The lowest BCUT2D eigenvalue weighted by Gasteiger charge is -2.14. The molecule has 1 aliphatic heterocycles. The van der Waals surface area contributed by atoms with E-state index in [4.69, 9.17) is 15.4 Å². The largest absolute Gasteiger partial charge is 0.479 e. The number of aliphatic carboxylic acids is 1. The van der Waals surface area contributed by atoms with E-state index in [1.165, 1.54) is 13.1 Å². The van der Waals surface area contributed by atoms with Crippen LogP contribution in [0.15, 0.2) is 20.9 Å². The first-order valence-electron chi connectivity index (χ1n) is 5.68. The van der Waals surface area contributed by atoms with Gasteiger partial charge in [-0.3, -0.25) is 14.3 Å². The summed E-state index contributed by atoms with van der Waals surface area (Å²) < 4.78 is 6.31. The first-order valence-corrected chi connectivity index (χ1v) is 5.68. The van der Waals surface area contributed by atoms with Crippen LogP contribution in [0.5, 0.6) is 0 Å². The van der Waals surface area contributed by atoms with Gasteiger partial charge < -0.3 is 9.84 Å². The summed E-state index contributed by atoms with van der Waals surface area (Å²) >= 11 is 0. The number of carbonyl (C=O) groups is 1. The van der Waals surface area contributed by atoms with Crippen molar-refractivity contribution in [3.8, 4) is 0 Å². The van der Waals surface area contributed by atoms with Crippen molar-refractivity contribution in [1.29, 1.82) is 0 Å². The zero-order valence-electron chi connectivity index (χ0n) is 10.4. The fraction of sp³-hybridized carbons (Fsp3) is 0.500. The van der Waals surface area contributed by atoms with E-state index in [1.807, 2.05) is 0 Å². The smallest absolute Gasteiger partial charge is 0.333 e. The average molecular weight is 281 g/mol. The maximum Gasteiger partial charge on any atom is 0.333 e. The Kier molecular flexibility index (Phi) is 3.59. The highest BCUT2D eigenvalue weighted by Crippen LogP contribution is 2.30. The zero-order valence-corrected chi connectivity index (χ0v) is 10.4. The van der Waals surface area contributed by atoms with Gasteiger partial charge in [0.15, 0.2) is 6.10 Å². The molecule has 1 aliphatic rings. The van der Waals surface area contributed by atoms with Gasteiger partial charge in [0.05, 0.1) is 6.04 Å². The molecule has 1 aromatic heterocycles. The van der Waals surface area contributed by atoms with Crippen LogP contribution in [-0.4, -0.2) is 32.8 Å². The first kappa shape index (κ1) is 13.8. The van der Waals surface area contributed by atoms with Crippen LogP contribution >= 0.6 is 0 Å². The van der Waals surface area contributed by atoms with Crippen LogP contribution in [0.25, 0.3) is 10.4 Å². The van der Waals surface area contributed by atoms with Crippen LogP contribution in [0.1, 0.15) is 18.2 Å². The lowest BCUT2D eigenvalue weighted by Crippen LogP contribution is -2.34. The minimum atomic E-state index is -1.32. The molecular formula is C10H11N5O5. The molecule has 106 valence electrons. The Morgan fingerprint density at radius 2 is 2.35 bits per heavy atom. The minimum Gasteiger partial charge on any atom is -0.479 e. The number of azide groups is 1. The molecular weight excluding hydrogens is 270 g/mol. The number of aryl methyl sites for hydroxylation is 1. The van der Waals surface area contributed by atoms with E-state index in [0.717, 1.165) is 4.57 Å². The number of carboxylic acids is 1. The molecule has 2 rings (SSSR count). The van der Waals surface area contributed by atoms with Gasteiger partial charge in [0, 0.05) is 23.1 Å². The molecule has 0 aliphatic carbocycles. The van der Waals surface area contributed by atoms with Gasteiger partial charge in [-0.15, -0.1) is 0 Å². The van der Waals surface area contributed by atoms with Crippen LogP contribution in [0, 0.1) is 6.92 Å². The molecule has 2 heterocycles. The predicted molar refractivity (Wildman–Crippen MR) is 65.2 cm³/mol. The number of hydrogen-bond acceptors (Lipinski definition) is 5. The van der Waals surface area contributed by atoms with Crippen LogP contribution < -0.4 is 11.2 Å². The van der Waals surface area contributed by atoms with E-state index in [9.17, 15) is 14.4 Å². The van der Waals surface area contributed by atoms with Gasteiger partial charge in [0.25, 0.3) is 5.56 Å². The molecule has 0 amide bonds. The molecule has 10 heteroatoms. The van der Waals surface area contributed by atoms with Crippen molar-refractivity contribution in [3.63, 3.8) is 0 Å². The van der Waals surface area contributed by atoms with Crippen LogP contribution in [0.2, 0.25) is 0 Å². The van der Waals surface area contributed by atoms with E-state index in [0.29, 0.717) is 0 Å². The lowest BCUT2D eigenvalue weighted by atomic mass is 10.1. The normalized spacial score (nSPS) is 25.1. The van der Waals surface area contributed by atoms with Gasteiger partial charge in [-0.25, -0.2) is 9.59 Å². The number of H-pyrrole nitrogens is 1. The van der Waals surface area contributed by atoms with Crippen molar-refractivity contribution in [3.05, 3.63) is 43.0 Å². The van der Waals surface area contributed by atoms with E-state index in [2.05, 4.69) is 15.0 Å². The predicted octanol–water partition coefficient (Wildman–Crippen LogP) is -0.104. The molecule has 2 N–H and O–H groups in total. The number of hydrogen-bond donors (Lipinski definition) is 2. The quantitative estimate of drug-likeness (QED) is 0.450. The second-order valence-corrected chi connectivity index (χ2v) is 4.34. The highest BCUT2D eigenvalue weighted by molar-refractivity contribution is 5.73. The van der Waals surface area contributed by atoms with Crippen molar-refractivity contribution in [2.45, 2.75) is 31.7 Å². The van der Waals surface area contributed by atoms with Crippen molar-refractivity contribution in [2.24, 2.45) is 5.11 Å². The second-order valence-electron chi connectivity index (χ2n) is 4.34. The molecule has 1 fully saturated rings. The third-order valence-electron chi connectivity index (χ3n) is 3.00. The average Bonchev–Trinajstić information content (AvgIpc) is 2.78. The summed E-state index contributed by atoms with van der Waals surface area (Å²) in [6.07, 6.45) is -0.917. The summed E-state index contributed by atoms with van der Waals surface area (Å²) in [5, 5.41) is 12.3. The number of nitrogens with zero attached hydrogens (tertiary/aromatic N) is 4. The Morgan fingerprint density at radius 3 is 2.95 bits per heavy atom. The second kappa shape index (κ2) is 5.19. The van der Waals surface area contributed by atoms with Crippen LogP contribution in [0.4, 0.5) is 0 Å². The monoisotopic (exact) mass is 281 g/mol. The number of rotatable bonds is 3. The number of aromatic nitrogens is 2. The zero-order chi connectivity index (χ0) is 14.9. The van der Waals surface area contributed by atoms with Gasteiger partial charge in [0.1, 0.15) is 6.23 Å². The minimum absolute atomic E-state index is 0.0341. The molecule has 1 aromatic rings. The maximum atomic E-state index is 11.7. The topological polar surface area (TPSA) is 150 Å². The highest BCUT2D eigenvalue weighted by Gasteiger charge is 2.40. The molecule has 1 saturated heterocycles. The van der Waals surface area contributed by atoms with Crippen LogP contribution in [0.3, 0.4) is 0 Å². The van der Waals surface area contributed by atoms with E-state index in [-0.39, 0.29) is 12.0 Å². The number of carboxylic acid groups (broad SMARTS) is 1. The fourth-order valence-corrected chi connectivity index (χ4v) is 2.02. The Bertz CT molecular complexity index is 691.